The second-order valence-corrected chi connectivity index (χ2v) is 6.61. The first-order valence-electron chi connectivity index (χ1n) is 7.20. The molecule has 102 valence electrons. The maximum atomic E-state index is 6.38. The van der Waals surface area contributed by atoms with E-state index in [-0.39, 0.29) is 5.54 Å². The normalized spacial score (nSPS) is 46.4. The van der Waals surface area contributed by atoms with Gasteiger partial charge in [0.25, 0.3) is 0 Å². The Bertz CT molecular complexity index is 298. The third kappa shape index (κ3) is 2.47. The molecule has 0 aromatic rings. The van der Waals surface area contributed by atoms with Crippen molar-refractivity contribution in [3.8, 4) is 0 Å². The van der Waals surface area contributed by atoms with E-state index in [9.17, 15) is 0 Å². The fourth-order valence-electron chi connectivity index (χ4n) is 3.98. The standard InChI is InChI=1S/C14H27BN2O/c1-13(10-18-3)9-7-11-12(17(13)2)6-4-5-8-14(11,15)16/h11-12H,4-10,16H2,1-3H3. The van der Waals surface area contributed by atoms with Crippen LogP contribution >= 0.6 is 0 Å². The summed E-state index contributed by atoms with van der Waals surface area (Å²) in [6.45, 7) is 3.08. The molecule has 4 heteroatoms. The molecule has 4 atom stereocenters. The maximum absolute atomic E-state index is 6.38. The molecule has 18 heavy (non-hydrogen) atoms. The Hall–Kier alpha value is -0.0551. The maximum Gasteiger partial charge on any atom is 0.0954 e. The summed E-state index contributed by atoms with van der Waals surface area (Å²) in [5.41, 5.74) is 6.03. The average Bonchev–Trinajstić information content (AvgIpc) is 2.44. The van der Waals surface area contributed by atoms with Gasteiger partial charge in [-0.2, -0.15) is 0 Å². The summed E-state index contributed by atoms with van der Waals surface area (Å²) in [7, 11) is 10.4. The molecule has 0 aromatic carbocycles. The van der Waals surface area contributed by atoms with Crippen molar-refractivity contribution >= 4 is 7.85 Å². The van der Waals surface area contributed by atoms with Gasteiger partial charge in [0.05, 0.1) is 14.5 Å². The van der Waals surface area contributed by atoms with Crippen LogP contribution in [-0.4, -0.2) is 50.5 Å². The average molecular weight is 250 g/mol. The molecule has 2 radical (unpaired) electrons. The molecule has 1 saturated heterocycles. The topological polar surface area (TPSA) is 38.5 Å². The van der Waals surface area contributed by atoms with Crippen LogP contribution in [0, 0.1) is 5.92 Å². The lowest BCUT2D eigenvalue weighted by Crippen LogP contribution is -2.64. The number of nitrogens with zero attached hydrogens (tertiary/aromatic N) is 1. The molecule has 0 amide bonds. The van der Waals surface area contributed by atoms with E-state index < -0.39 is 5.44 Å². The SMILES string of the molecule is [B]C1(N)CCCCC2C1CCC(C)(COC)N2C. The van der Waals surface area contributed by atoms with Crippen LogP contribution in [0.4, 0.5) is 0 Å². The van der Waals surface area contributed by atoms with E-state index >= 15 is 0 Å². The van der Waals surface area contributed by atoms with Crippen LogP contribution < -0.4 is 5.73 Å². The molecule has 2 N–H and O–H groups in total. The van der Waals surface area contributed by atoms with Crippen LogP contribution in [0.5, 0.6) is 0 Å². The van der Waals surface area contributed by atoms with E-state index in [1.54, 1.807) is 7.11 Å². The van der Waals surface area contributed by atoms with Gasteiger partial charge in [0, 0.05) is 18.7 Å². The van der Waals surface area contributed by atoms with Crippen LogP contribution in [0.3, 0.4) is 0 Å². The third-order valence-electron chi connectivity index (χ3n) is 5.31. The fraction of sp³-hybridized carbons (Fsp3) is 1.00. The number of likely N-dealkylation sites (N-methyl/N-ethyl adjacent to an activating group) is 1. The van der Waals surface area contributed by atoms with Crippen molar-refractivity contribution in [2.24, 2.45) is 11.7 Å². The van der Waals surface area contributed by atoms with Gasteiger partial charge in [-0.1, -0.05) is 12.8 Å². The third-order valence-corrected chi connectivity index (χ3v) is 5.31. The summed E-state index contributed by atoms with van der Waals surface area (Å²) in [5, 5.41) is 0. The van der Waals surface area contributed by atoms with E-state index in [2.05, 4.69) is 18.9 Å². The number of hydrogen-bond donors (Lipinski definition) is 1. The van der Waals surface area contributed by atoms with Gasteiger partial charge in [0.15, 0.2) is 0 Å². The zero-order valence-corrected chi connectivity index (χ0v) is 12.1. The Morgan fingerprint density at radius 3 is 2.72 bits per heavy atom. The van der Waals surface area contributed by atoms with Crippen LogP contribution in [0.2, 0.25) is 0 Å². The van der Waals surface area contributed by atoms with Crippen molar-refractivity contribution in [2.75, 3.05) is 20.8 Å². The number of fused-ring (bicyclic) bond motifs is 1. The number of hydrogen-bond acceptors (Lipinski definition) is 3. The summed E-state index contributed by atoms with van der Waals surface area (Å²) in [6.07, 6.45) is 6.83. The smallest absolute Gasteiger partial charge is 0.0954 e. The van der Waals surface area contributed by atoms with Crippen LogP contribution in [0.1, 0.15) is 45.4 Å². The molecule has 4 unspecified atom stereocenters. The van der Waals surface area contributed by atoms with E-state index in [4.69, 9.17) is 18.3 Å². The zero-order valence-electron chi connectivity index (χ0n) is 12.1. The predicted octanol–water partition coefficient (Wildman–Crippen LogP) is 1.50. The first kappa shape index (κ1) is 14.4. The van der Waals surface area contributed by atoms with Crippen LogP contribution in [0.15, 0.2) is 0 Å². The Labute approximate surface area is 113 Å². The van der Waals surface area contributed by atoms with E-state index in [1.807, 2.05) is 0 Å². The lowest BCUT2D eigenvalue weighted by molar-refractivity contribution is -0.0525. The summed E-state index contributed by atoms with van der Waals surface area (Å²) in [4.78, 5) is 2.49. The van der Waals surface area contributed by atoms with Gasteiger partial charge in [0.1, 0.15) is 0 Å². The number of rotatable bonds is 2. The molecule has 2 rings (SSSR count). The minimum atomic E-state index is -0.482. The Morgan fingerprint density at radius 2 is 2.06 bits per heavy atom. The monoisotopic (exact) mass is 250 g/mol. The fourth-order valence-corrected chi connectivity index (χ4v) is 3.98. The number of ether oxygens (including phenoxy) is 1. The largest absolute Gasteiger partial charge is 0.383 e. The van der Waals surface area contributed by atoms with Crippen LogP contribution in [0.25, 0.3) is 0 Å². The predicted molar refractivity (Wildman–Crippen MR) is 75.7 cm³/mol. The zero-order chi connectivity index (χ0) is 13.4. The molecule has 0 spiro atoms. The molecule has 0 bridgehead atoms. The van der Waals surface area contributed by atoms with Crippen molar-refractivity contribution in [3.05, 3.63) is 0 Å². The van der Waals surface area contributed by atoms with E-state index in [0.29, 0.717) is 12.0 Å². The van der Waals surface area contributed by atoms with Crippen molar-refractivity contribution in [3.63, 3.8) is 0 Å². The highest BCUT2D eigenvalue weighted by molar-refractivity contribution is 6.15. The van der Waals surface area contributed by atoms with Gasteiger partial charge in [0.2, 0.25) is 0 Å². The number of nitrogens with two attached hydrogens (primary N) is 1. The molecule has 1 aliphatic heterocycles. The second kappa shape index (κ2) is 5.14. The lowest BCUT2D eigenvalue weighted by Gasteiger charge is -2.54. The minimum Gasteiger partial charge on any atom is -0.383 e. The molecule has 1 heterocycles. The molecular formula is C14H27BN2O. The van der Waals surface area contributed by atoms with Gasteiger partial charge in [-0.25, -0.2) is 0 Å². The molecule has 1 aliphatic carbocycles. The second-order valence-electron chi connectivity index (χ2n) is 6.61. The highest BCUT2D eigenvalue weighted by Gasteiger charge is 2.47. The Balaban J connectivity index is 2.20. The van der Waals surface area contributed by atoms with Gasteiger partial charge >= 0.3 is 0 Å². The Morgan fingerprint density at radius 1 is 1.33 bits per heavy atom. The van der Waals surface area contributed by atoms with Crippen molar-refractivity contribution in [1.29, 1.82) is 0 Å². The van der Waals surface area contributed by atoms with Crippen LogP contribution in [-0.2, 0) is 4.74 Å². The molecule has 2 fully saturated rings. The quantitative estimate of drug-likeness (QED) is 0.755. The highest BCUT2D eigenvalue weighted by atomic mass is 16.5. The first-order chi connectivity index (χ1) is 8.41. The van der Waals surface area contributed by atoms with Crippen molar-refractivity contribution in [1.82, 2.24) is 4.90 Å². The lowest BCUT2D eigenvalue weighted by atomic mass is 9.60. The molecular weight excluding hydrogens is 223 g/mol. The summed E-state index contributed by atoms with van der Waals surface area (Å²) < 4.78 is 5.41. The van der Waals surface area contributed by atoms with Crippen molar-refractivity contribution in [2.45, 2.75) is 62.5 Å². The minimum absolute atomic E-state index is 0.135. The molecule has 0 aromatic heterocycles. The summed E-state index contributed by atoms with van der Waals surface area (Å²) in [6, 6.07) is 0.511. The molecule has 2 aliphatic rings. The number of likely N-dealkylation sites (tertiary alicyclic amines) is 1. The van der Waals surface area contributed by atoms with E-state index in [1.165, 1.54) is 12.8 Å². The summed E-state index contributed by atoms with van der Waals surface area (Å²) >= 11 is 0. The van der Waals surface area contributed by atoms with E-state index in [0.717, 1.165) is 32.3 Å². The molecule has 1 saturated carbocycles. The number of piperidine rings is 1. The van der Waals surface area contributed by atoms with Gasteiger partial charge < -0.3 is 10.5 Å². The first-order valence-corrected chi connectivity index (χ1v) is 7.20. The van der Waals surface area contributed by atoms with Gasteiger partial charge in [-0.3, -0.25) is 4.90 Å². The molecule has 3 nitrogen and oxygen atoms in total. The number of methoxy groups -OCH3 is 1. The van der Waals surface area contributed by atoms with Gasteiger partial charge in [-0.15, -0.1) is 0 Å². The highest BCUT2D eigenvalue weighted by Crippen LogP contribution is 2.42. The Kier molecular flexibility index (Phi) is 4.10. The summed E-state index contributed by atoms with van der Waals surface area (Å²) in [5.74, 6) is 0.426. The van der Waals surface area contributed by atoms with Crippen molar-refractivity contribution < 1.29 is 4.74 Å². The van der Waals surface area contributed by atoms with Gasteiger partial charge in [-0.05, 0) is 51.0 Å².